The molecule has 0 atom stereocenters. The molecule has 0 radical (unpaired) electrons. The summed E-state index contributed by atoms with van der Waals surface area (Å²) in [7, 11) is 0. The maximum absolute atomic E-state index is 5.40. The Morgan fingerprint density at radius 2 is 1.73 bits per heavy atom. The Bertz CT molecular complexity index is 152. The van der Waals surface area contributed by atoms with Crippen molar-refractivity contribution >= 4 is 11.6 Å². The van der Waals surface area contributed by atoms with E-state index in [4.69, 9.17) is 11.6 Å². The molecule has 0 spiro atoms. The first-order valence-electron chi connectivity index (χ1n) is 3.05. The molecule has 0 fully saturated rings. The predicted molar refractivity (Wildman–Crippen MR) is 53.3 cm³/mol. The van der Waals surface area contributed by atoms with Crippen molar-refractivity contribution in [3.05, 3.63) is 48.7 Å². The van der Waals surface area contributed by atoms with Gasteiger partial charge in [-0.05, 0) is 19.2 Å². The molecule has 0 unspecified atom stereocenters. The molecular weight excluding hydrogens is 158 g/mol. The predicted octanol–water partition coefficient (Wildman–Crippen LogP) is 2.96. The Morgan fingerprint density at radius 1 is 1.36 bits per heavy atom. The van der Waals surface area contributed by atoms with E-state index in [-0.39, 0.29) is 0 Å². The number of halogens is 1. The normalized spacial score (nSPS) is 8.18. The van der Waals surface area contributed by atoms with Gasteiger partial charge in [-0.3, -0.25) is 0 Å². The molecule has 0 aromatic heterocycles. The highest BCUT2D eigenvalue weighted by Gasteiger charge is 1.74. The van der Waals surface area contributed by atoms with E-state index in [0.717, 1.165) is 5.57 Å². The maximum atomic E-state index is 5.40. The summed E-state index contributed by atoms with van der Waals surface area (Å²) >= 11 is 5.40. The highest BCUT2D eigenvalue weighted by Crippen LogP contribution is 2.00. The summed E-state index contributed by atoms with van der Waals surface area (Å²) in [4.78, 5) is 0. The molecule has 0 aliphatic heterocycles. The molecular formula is C9H14ClN. The second-order valence-corrected chi connectivity index (χ2v) is 2.35. The first-order valence-corrected chi connectivity index (χ1v) is 3.43. The van der Waals surface area contributed by atoms with Crippen LogP contribution in [0.5, 0.6) is 0 Å². The minimum atomic E-state index is 0.535. The third-order valence-corrected chi connectivity index (χ3v) is 0.675. The van der Waals surface area contributed by atoms with Gasteiger partial charge in [0.2, 0.25) is 0 Å². The monoisotopic (exact) mass is 171 g/mol. The van der Waals surface area contributed by atoms with Crippen molar-refractivity contribution in [3.8, 4) is 0 Å². The van der Waals surface area contributed by atoms with Crippen LogP contribution in [0.3, 0.4) is 0 Å². The lowest BCUT2D eigenvalue weighted by molar-refractivity contribution is 1.56. The van der Waals surface area contributed by atoms with Crippen molar-refractivity contribution < 1.29 is 0 Å². The summed E-state index contributed by atoms with van der Waals surface area (Å²) in [6, 6.07) is 0. The van der Waals surface area contributed by atoms with Crippen molar-refractivity contribution in [3.63, 3.8) is 0 Å². The van der Waals surface area contributed by atoms with Gasteiger partial charge in [0.25, 0.3) is 0 Å². The first-order chi connectivity index (χ1) is 5.04. The van der Waals surface area contributed by atoms with Crippen molar-refractivity contribution in [2.24, 2.45) is 5.73 Å². The van der Waals surface area contributed by atoms with Crippen LogP contribution in [0.4, 0.5) is 0 Å². The maximum Gasteiger partial charge on any atom is 0.0334 e. The van der Waals surface area contributed by atoms with E-state index >= 15 is 0 Å². The summed E-state index contributed by atoms with van der Waals surface area (Å²) in [6.07, 6.45) is 4.78. The average Bonchev–Trinajstić information content (AvgIpc) is 1.85. The molecule has 0 amide bonds. The number of hydrogen-bond donors (Lipinski definition) is 1. The lowest BCUT2D eigenvalue weighted by Gasteiger charge is -1.82. The van der Waals surface area contributed by atoms with E-state index in [1.54, 1.807) is 6.08 Å². The van der Waals surface area contributed by atoms with E-state index < -0.39 is 0 Å². The minimum absolute atomic E-state index is 0.535. The van der Waals surface area contributed by atoms with Gasteiger partial charge < -0.3 is 5.73 Å². The molecule has 0 aromatic carbocycles. The molecule has 0 aliphatic carbocycles. The summed E-state index contributed by atoms with van der Waals surface area (Å²) in [5, 5.41) is 0.535. The quantitative estimate of drug-likeness (QED) is 0.636. The molecule has 0 saturated heterocycles. The zero-order valence-corrected chi connectivity index (χ0v) is 7.56. The smallest absolute Gasteiger partial charge is 0.0334 e. The van der Waals surface area contributed by atoms with Crippen LogP contribution in [0.1, 0.15) is 6.92 Å². The third-order valence-electron chi connectivity index (χ3n) is 0.549. The number of hydrogen-bond acceptors (Lipinski definition) is 1. The van der Waals surface area contributed by atoms with Gasteiger partial charge in [0.15, 0.2) is 0 Å². The fraction of sp³-hybridized carbons (Fsp3) is 0.111. The standard InChI is InChI=1S/C7H9Cl.C2H5N/c1-6(2)4-5-7(3)8;1-2-3/h4-5H,1,3H2,2H3;2H,1,3H2/b5-4-;. The molecule has 0 rings (SSSR count). The Morgan fingerprint density at radius 3 is 1.82 bits per heavy atom. The lowest BCUT2D eigenvalue weighted by atomic mass is 10.3. The second kappa shape index (κ2) is 9.05. The van der Waals surface area contributed by atoms with E-state index in [1.807, 2.05) is 13.0 Å². The third kappa shape index (κ3) is 27.4. The van der Waals surface area contributed by atoms with Crippen molar-refractivity contribution in [1.29, 1.82) is 0 Å². The number of rotatable bonds is 2. The molecule has 11 heavy (non-hydrogen) atoms. The first kappa shape index (κ1) is 12.7. The molecule has 0 bridgehead atoms. The Balaban J connectivity index is 0. The Kier molecular flexibility index (Phi) is 10.5. The molecule has 2 heteroatoms. The lowest BCUT2D eigenvalue weighted by Crippen LogP contribution is -1.67. The van der Waals surface area contributed by atoms with Gasteiger partial charge in [0.05, 0.1) is 0 Å². The van der Waals surface area contributed by atoms with Crippen LogP contribution in [0.15, 0.2) is 48.7 Å². The van der Waals surface area contributed by atoms with E-state index in [9.17, 15) is 0 Å². The number of nitrogens with two attached hydrogens (primary N) is 1. The van der Waals surface area contributed by atoms with Crippen molar-refractivity contribution in [2.45, 2.75) is 6.92 Å². The van der Waals surface area contributed by atoms with Gasteiger partial charge in [0.1, 0.15) is 0 Å². The summed E-state index contributed by atoms with van der Waals surface area (Å²) in [6.45, 7) is 12.1. The number of allylic oxidation sites excluding steroid dienone is 4. The Hall–Kier alpha value is -0.950. The van der Waals surface area contributed by atoms with Gasteiger partial charge in [-0.25, -0.2) is 0 Å². The van der Waals surface area contributed by atoms with Crippen molar-refractivity contribution in [1.82, 2.24) is 0 Å². The van der Waals surface area contributed by atoms with E-state index in [1.165, 1.54) is 6.20 Å². The topological polar surface area (TPSA) is 26.0 Å². The fourth-order valence-electron chi connectivity index (χ4n) is 0.233. The minimum Gasteiger partial charge on any atom is -0.405 e. The zero-order valence-electron chi connectivity index (χ0n) is 6.81. The average molecular weight is 172 g/mol. The molecule has 0 saturated carbocycles. The largest absolute Gasteiger partial charge is 0.405 e. The molecule has 62 valence electrons. The molecule has 2 N–H and O–H groups in total. The summed E-state index contributed by atoms with van der Waals surface area (Å²) in [5.41, 5.74) is 5.59. The van der Waals surface area contributed by atoms with E-state index in [2.05, 4.69) is 25.5 Å². The van der Waals surface area contributed by atoms with Crippen molar-refractivity contribution in [2.75, 3.05) is 0 Å². The van der Waals surface area contributed by atoms with Gasteiger partial charge >= 0.3 is 0 Å². The zero-order chi connectivity index (χ0) is 9.28. The Labute approximate surface area is 73.5 Å². The van der Waals surface area contributed by atoms with Crippen LogP contribution >= 0.6 is 11.6 Å². The summed E-state index contributed by atoms with van der Waals surface area (Å²) in [5.74, 6) is 0. The van der Waals surface area contributed by atoms with Gasteiger partial charge in [-0.15, -0.1) is 0 Å². The fourth-order valence-corrected chi connectivity index (χ4v) is 0.296. The molecule has 1 nitrogen and oxygen atoms in total. The van der Waals surface area contributed by atoms with Crippen LogP contribution in [0.2, 0.25) is 0 Å². The SMILES string of the molecule is C=C(C)/C=C\C(=C)Cl.C=CN. The summed E-state index contributed by atoms with van der Waals surface area (Å²) < 4.78 is 0. The van der Waals surface area contributed by atoms with Crippen LogP contribution in [-0.2, 0) is 0 Å². The van der Waals surface area contributed by atoms with Gasteiger partial charge in [-0.2, -0.15) is 0 Å². The van der Waals surface area contributed by atoms with Crippen LogP contribution in [0.25, 0.3) is 0 Å². The van der Waals surface area contributed by atoms with Crippen LogP contribution in [-0.4, -0.2) is 0 Å². The van der Waals surface area contributed by atoms with E-state index in [0.29, 0.717) is 5.03 Å². The second-order valence-electron chi connectivity index (χ2n) is 1.86. The highest BCUT2D eigenvalue weighted by atomic mass is 35.5. The van der Waals surface area contributed by atoms with Gasteiger partial charge in [-0.1, -0.05) is 43.0 Å². The van der Waals surface area contributed by atoms with Crippen LogP contribution in [0, 0.1) is 0 Å². The molecule has 0 heterocycles. The molecule has 0 aromatic rings. The van der Waals surface area contributed by atoms with Crippen LogP contribution < -0.4 is 5.73 Å². The van der Waals surface area contributed by atoms with Gasteiger partial charge in [0, 0.05) is 5.03 Å². The molecule has 0 aliphatic rings. The highest BCUT2D eigenvalue weighted by molar-refractivity contribution is 6.30.